The third-order valence-corrected chi connectivity index (χ3v) is 3.47. The minimum absolute atomic E-state index is 0.663. The summed E-state index contributed by atoms with van der Waals surface area (Å²) in [4.78, 5) is 0. The van der Waals surface area contributed by atoms with Gasteiger partial charge in [-0.25, -0.2) is 13.2 Å². The molecule has 36 heavy (non-hydrogen) atoms. The van der Waals surface area contributed by atoms with Crippen LogP contribution >= 0.6 is 0 Å². The number of alkyl halides is 20. The highest BCUT2D eigenvalue weighted by atomic mass is 19.4. The predicted molar refractivity (Wildman–Crippen MR) is 76.2 cm³/mol. The van der Waals surface area contributed by atoms with Crippen LogP contribution in [-0.2, 0) is 0 Å². The molecule has 0 fully saturated rings. The third kappa shape index (κ3) is 8.01. The van der Waals surface area contributed by atoms with Crippen LogP contribution in [0.1, 0.15) is 19.8 Å². The Morgan fingerprint density at radius 2 is 0.778 bits per heavy atom. The topological polar surface area (TPSA) is 0 Å². The van der Waals surface area contributed by atoms with Gasteiger partial charge in [-0.1, -0.05) is 19.1 Å². The fraction of sp³-hybridized carbons (Fsp3) is 0.733. The summed E-state index contributed by atoms with van der Waals surface area (Å²) in [6.45, 7) is 1.80. The first-order chi connectivity index (χ1) is 15.3. The van der Waals surface area contributed by atoms with Crippen LogP contribution in [0, 0.1) is 0 Å². The molecule has 0 nitrogen and oxygen atoms in total. The van der Waals surface area contributed by atoms with Crippen molar-refractivity contribution in [3.05, 3.63) is 23.6 Å². The molecule has 0 radical (unpaired) electrons. The Morgan fingerprint density at radius 1 is 0.500 bits per heavy atom. The Labute approximate surface area is 185 Å². The smallest absolute Gasteiger partial charge is 0.218 e. The van der Waals surface area contributed by atoms with Gasteiger partial charge in [-0.3, -0.25) is 0 Å². The number of hydrogen-bond acceptors (Lipinski definition) is 0. The van der Waals surface area contributed by atoms with Crippen LogP contribution in [-0.4, -0.2) is 48.4 Å². The molecule has 0 saturated carbocycles. The summed E-state index contributed by atoms with van der Waals surface area (Å²) >= 11 is 0. The lowest BCUT2D eigenvalue weighted by Crippen LogP contribution is -2.66. The van der Waals surface area contributed by atoms with Gasteiger partial charge < -0.3 is 0 Å². The molecule has 0 N–H and O–H groups in total. The van der Waals surface area contributed by atoms with Crippen LogP contribution in [0.2, 0.25) is 0 Å². The Hall–Kier alpha value is -1.99. The average Bonchev–Trinajstić information content (AvgIpc) is 2.56. The van der Waals surface area contributed by atoms with Crippen molar-refractivity contribution in [3.8, 4) is 0 Å². The first-order valence-electron chi connectivity index (χ1n) is 8.18. The molecule has 21 heteroatoms. The van der Waals surface area contributed by atoms with Gasteiger partial charge in [0.05, 0.1) is 12.0 Å². The largest absolute Gasteiger partial charge is 0.443 e. The van der Waals surface area contributed by atoms with Gasteiger partial charge in [-0.15, -0.1) is 0 Å². The van der Waals surface area contributed by atoms with Gasteiger partial charge in [0.15, 0.2) is 0 Å². The highest BCUT2D eigenvalue weighted by Gasteiger charge is 2.87. The standard InChI is InChI=1S/C9F18.C6H9F3/c10-2(5(13,14)15)1(3(11,6(16,17)18)7(19,20)21)4(12,8(22,23)24)9(25,26)27;1-2-3-4-5-6(7,8)9/h;3-4H,2,5H2,1H3. The molecule has 0 aromatic rings. The Balaban J connectivity index is 0. The minimum Gasteiger partial charge on any atom is -0.218 e. The zero-order valence-corrected chi connectivity index (χ0v) is 16.5. The molecule has 0 aliphatic rings. The maximum Gasteiger partial charge on any atom is 0.443 e. The van der Waals surface area contributed by atoms with E-state index in [1.807, 2.05) is 0 Å². The third-order valence-electron chi connectivity index (χ3n) is 3.47. The summed E-state index contributed by atoms with van der Waals surface area (Å²) in [5.41, 5.74) is -22.7. The van der Waals surface area contributed by atoms with Gasteiger partial charge in [0.25, 0.3) is 0 Å². The van der Waals surface area contributed by atoms with E-state index in [0.29, 0.717) is 6.42 Å². The normalized spacial score (nSPS) is 15.1. The van der Waals surface area contributed by atoms with Crippen molar-refractivity contribution < 1.29 is 92.2 Å². The van der Waals surface area contributed by atoms with Gasteiger partial charge in [-0.2, -0.15) is 79.0 Å². The first kappa shape index (κ1) is 36.2. The molecular formula is C15H9F21. The van der Waals surface area contributed by atoms with Gasteiger partial charge in [0.1, 0.15) is 0 Å². The van der Waals surface area contributed by atoms with Gasteiger partial charge in [-0.05, 0) is 6.42 Å². The van der Waals surface area contributed by atoms with E-state index in [1.54, 1.807) is 6.92 Å². The van der Waals surface area contributed by atoms with Crippen LogP contribution in [0.5, 0.6) is 0 Å². The van der Waals surface area contributed by atoms with Crippen molar-refractivity contribution in [1.82, 2.24) is 0 Å². The van der Waals surface area contributed by atoms with Crippen LogP contribution in [0.25, 0.3) is 0 Å². The lowest BCUT2D eigenvalue weighted by atomic mass is 9.79. The maximum absolute atomic E-state index is 13.5. The SMILES string of the molecule is CCC=CCC(F)(F)F.FC(=C(C(F)(C(F)(F)F)C(F)(F)F)C(F)(C(F)(F)F)C(F)(F)F)C(F)(F)F. The Kier molecular flexibility index (Phi) is 10.8. The van der Waals surface area contributed by atoms with Crippen molar-refractivity contribution in [2.45, 2.75) is 68.2 Å². The fourth-order valence-electron chi connectivity index (χ4n) is 1.95. The zero-order chi connectivity index (χ0) is 30.0. The average molecular weight is 588 g/mol. The quantitative estimate of drug-likeness (QED) is 0.227. The van der Waals surface area contributed by atoms with E-state index in [2.05, 4.69) is 0 Å². The number of allylic oxidation sites excluding steroid dienone is 4. The summed E-state index contributed by atoms with van der Waals surface area (Å²) in [6, 6.07) is 0. The monoisotopic (exact) mass is 588 g/mol. The van der Waals surface area contributed by atoms with Crippen molar-refractivity contribution in [2.75, 3.05) is 0 Å². The molecule has 0 aliphatic carbocycles. The predicted octanol–water partition coefficient (Wildman–Crippen LogP) is 9.34. The van der Waals surface area contributed by atoms with Gasteiger partial charge in [0, 0.05) is 0 Å². The molecule has 216 valence electrons. The van der Waals surface area contributed by atoms with Crippen LogP contribution in [0.15, 0.2) is 23.6 Å². The maximum atomic E-state index is 13.5. The van der Waals surface area contributed by atoms with Crippen molar-refractivity contribution in [2.24, 2.45) is 0 Å². The molecule has 0 unspecified atom stereocenters. The van der Waals surface area contributed by atoms with Crippen molar-refractivity contribution in [1.29, 1.82) is 0 Å². The molecular weight excluding hydrogens is 579 g/mol. The van der Waals surface area contributed by atoms with Gasteiger partial charge in [0.2, 0.25) is 5.83 Å². The molecule has 0 spiro atoms. The Morgan fingerprint density at radius 3 is 0.944 bits per heavy atom. The van der Waals surface area contributed by atoms with E-state index >= 15 is 0 Å². The van der Waals surface area contributed by atoms with Crippen LogP contribution in [0.4, 0.5) is 92.2 Å². The first-order valence-corrected chi connectivity index (χ1v) is 8.18. The fourth-order valence-corrected chi connectivity index (χ4v) is 1.95. The molecule has 0 amide bonds. The molecule has 0 saturated heterocycles. The highest BCUT2D eigenvalue weighted by Crippen LogP contribution is 2.62. The molecule has 0 bridgehead atoms. The summed E-state index contributed by atoms with van der Waals surface area (Å²) in [5, 5.41) is 0. The lowest BCUT2D eigenvalue weighted by Gasteiger charge is -2.40. The van der Waals surface area contributed by atoms with Gasteiger partial charge >= 0.3 is 48.4 Å². The lowest BCUT2D eigenvalue weighted by molar-refractivity contribution is -0.365. The van der Waals surface area contributed by atoms with E-state index < -0.39 is 66.2 Å². The number of halogens is 21. The van der Waals surface area contributed by atoms with Crippen molar-refractivity contribution >= 4 is 0 Å². The molecule has 0 aliphatic heterocycles. The second kappa shape index (κ2) is 10.8. The molecule has 0 atom stereocenters. The second-order valence-corrected chi connectivity index (χ2v) is 6.19. The van der Waals surface area contributed by atoms with Crippen LogP contribution < -0.4 is 0 Å². The van der Waals surface area contributed by atoms with E-state index in [9.17, 15) is 92.2 Å². The summed E-state index contributed by atoms with van der Waals surface area (Å²) in [6.07, 6.45) is -41.5. The summed E-state index contributed by atoms with van der Waals surface area (Å²) < 4.78 is 258. The van der Waals surface area contributed by atoms with E-state index in [1.165, 1.54) is 6.08 Å². The number of rotatable bonds is 4. The number of hydrogen-bond donors (Lipinski definition) is 0. The van der Waals surface area contributed by atoms with E-state index in [-0.39, 0.29) is 0 Å². The molecule has 0 aromatic carbocycles. The molecule has 0 aromatic heterocycles. The summed E-state index contributed by atoms with van der Waals surface area (Å²) in [7, 11) is 0. The van der Waals surface area contributed by atoms with Crippen molar-refractivity contribution in [3.63, 3.8) is 0 Å². The van der Waals surface area contributed by atoms with E-state index in [0.717, 1.165) is 6.08 Å². The zero-order valence-electron chi connectivity index (χ0n) is 16.5. The highest BCUT2D eigenvalue weighted by molar-refractivity contribution is 5.40. The minimum atomic E-state index is -8.36. The van der Waals surface area contributed by atoms with E-state index in [4.69, 9.17) is 0 Å². The molecule has 0 heterocycles. The Bertz CT molecular complexity index is 692. The molecule has 0 rings (SSSR count). The second-order valence-electron chi connectivity index (χ2n) is 6.19. The van der Waals surface area contributed by atoms with Crippen LogP contribution in [0.3, 0.4) is 0 Å². The summed E-state index contributed by atoms with van der Waals surface area (Å²) in [5.74, 6) is -5.56.